The Kier molecular flexibility index (Phi) is 3.74. The number of nitrogens with one attached hydrogen (secondary N) is 1. The van der Waals surface area contributed by atoms with Crippen molar-refractivity contribution in [3.8, 4) is 0 Å². The number of ether oxygens (including phenoxy) is 1. The van der Waals surface area contributed by atoms with Crippen LogP contribution in [0.1, 0.15) is 65.2 Å². The standard InChI is InChI=1S/C20H31NO3/c1-19-10-8-14-12(13(19)5-6-15(19)18(23)24-3)4-7-16-20(14,2)11-9-17(22)21-16/h12-16H,4-11H2,1-3H3,(H,21,22)/t12?,13?,14?,15?,16?,19-,20+/m0/s1. The molecule has 4 fully saturated rings. The number of amides is 1. The summed E-state index contributed by atoms with van der Waals surface area (Å²) in [5, 5.41) is 3.28. The largest absolute Gasteiger partial charge is 0.469 e. The Hall–Kier alpha value is -1.06. The molecule has 3 aliphatic carbocycles. The lowest BCUT2D eigenvalue weighted by molar-refractivity contribution is -0.155. The van der Waals surface area contributed by atoms with Gasteiger partial charge in [0.05, 0.1) is 13.0 Å². The number of hydrogen-bond donors (Lipinski definition) is 1. The number of rotatable bonds is 1. The molecule has 4 heteroatoms. The summed E-state index contributed by atoms with van der Waals surface area (Å²) in [5.74, 6) is 2.40. The highest BCUT2D eigenvalue weighted by Crippen LogP contribution is 2.65. The van der Waals surface area contributed by atoms with E-state index in [0.717, 1.165) is 31.6 Å². The average Bonchev–Trinajstić information content (AvgIpc) is 2.92. The van der Waals surface area contributed by atoms with Gasteiger partial charge in [0.15, 0.2) is 0 Å². The molecule has 1 N–H and O–H groups in total. The lowest BCUT2D eigenvalue weighted by Gasteiger charge is -2.60. The molecule has 134 valence electrons. The van der Waals surface area contributed by atoms with Crippen LogP contribution in [0.5, 0.6) is 0 Å². The third kappa shape index (κ3) is 2.10. The zero-order valence-electron chi connectivity index (χ0n) is 15.3. The van der Waals surface area contributed by atoms with E-state index in [4.69, 9.17) is 4.74 Å². The summed E-state index contributed by atoms with van der Waals surface area (Å²) in [6.07, 6.45) is 8.54. The van der Waals surface area contributed by atoms with Crippen molar-refractivity contribution in [1.82, 2.24) is 5.32 Å². The molecule has 1 amide bonds. The van der Waals surface area contributed by atoms with Crippen LogP contribution in [0.15, 0.2) is 0 Å². The van der Waals surface area contributed by atoms with Gasteiger partial charge in [-0.2, -0.15) is 0 Å². The molecule has 1 heterocycles. The summed E-state index contributed by atoms with van der Waals surface area (Å²) in [7, 11) is 1.53. The lowest BCUT2D eigenvalue weighted by atomic mass is 9.47. The summed E-state index contributed by atoms with van der Waals surface area (Å²) in [6.45, 7) is 4.77. The van der Waals surface area contributed by atoms with Crippen LogP contribution in [0.2, 0.25) is 0 Å². The quantitative estimate of drug-likeness (QED) is 0.749. The van der Waals surface area contributed by atoms with Crippen molar-refractivity contribution in [2.75, 3.05) is 7.11 Å². The Morgan fingerprint density at radius 1 is 1.04 bits per heavy atom. The number of piperidine rings is 1. The predicted octanol–water partition coefficient (Wildman–Crippen LogP) is 3.30. The van der Waals surface area contributed by atoms with Gasteiger partial charge in [0.25, 0.3) is 0 Å². The van der Waals surface area contributed by atoms with Crippen molar-refractivity contribution < 1.29 is 14.3 Å². The van der Waals surface area contributed by atoms with Gasteiger partial charge in [0, 0.05) is 12.5 Å². The van der Waals surface area contributed by atoms with Crippen LogP contribution < -0.4 is 5.32 Å². The van der Waals surface area contributed by atoms with E-state index < -0.39 is 0 Å². The maximum absolute atomic E-state index is 12.3. The van der Waals surface area contributed by atoms with Crippen molar-refractivity contribution in [2.24, 2.45) is 34.5 Å². The summed E-state index contributed by atoms with van der Waals surface area (Å²) in [4.78, 5) is 24.1. The van der Waals surface area contributed by atoms with Gasteiger partial charge in [-0.3, -0.25) is 9.59 Å². The van der Waals surface area contributed by atoms with Crippen molar-refractivity contribution in [2.45, 2.75) is 71.3 Å². The Balaban J connectivity index is 1.61. The highest BCUT2D eigenvalue weighted by atomic mass is 16.5. The summed E-state index contributed by atoms with van der Waals surface area (Å²) in [5.41, 5.74) is 0.372. The fraction of sp³-hybridized carbons (Fsp3) is 0.900. The van der Waals surface area contributed by atoms with E-state index in [1.165, 1.54) is 26.4 Å². The maximum Gasteiger partial charge on any atom is 0.309 e. The third-order valence-corrected chi connectivity index (χ3v) is 8.58. The SMILES string of the molecule is COC(=O)C1CCC2C3CCC4NC(=O)CC[C@]4(C)C3CC[C@]12C. The van der Waals surface area contributed by atoms with Crippen LogP contribution >= 0.6 is 0 Å². The van der Waals surface area contributed by atoms with Crippen molar-refractivity contribution in [3.05, 3.63) is 0 Å². The van der Waals surface area contributed by atoms with E-state index in [2.05, 4.69) is 19.2 Å². The number of esters is 1. The molecule has 0 radical (unpaired) electrons. The Bertz CT molecular complexity index is 561. The van der Waals surface area contributed by atoms with E-state index in [0.29, 0.717) is 24.3 Å². The number of carbonyl (C=O) groups is 2. The Morgan fingerprint density at radius 2 is 1.79 bits per heavy atom. The molecule has 24 heavy (non-hydrogen) atoms. The normalized spacial score (nSPS) is 50.3. The molecule has 4 nitrogen and oxygen atoms in total. The molecular weight excluding hydrogens is 302 g/mol. The minimum absolute atomic E-state index is 0.00303. The molecule has 1 aliphatic heterocycles. The summed E-state index contributed by atoms with van der Waals surface area (Å²) < 4.78 is 5.12. The molecule has 4 rings (SSSR count). The second-order valence-corrected chi connectivity index (χ2v) is 9.28. The minimum Gasteiger partial charge on any atom is -0.469 e. The molecule has 0 aromatic heterocycles. The van der Waals surface area contributed by atoms with E-state index in [9.17, 15) is 9.59 Å². The van der Waals surface area contributed by atoms with Gasteiger partial charge in [-0.15, -0.1) is 0 Å². The Morgan fingerprint density at radius 3 is 2.54 bits per heavy atom. The zero-order valence-corrected chi connectivity index (χ0v) is 15.3. The number of hydrogen-bond acceptors (Lipinski definition) is 3. The predicted molar refractivity (Wildman–Crippen MR) is 91.1 cm³/mol. The van der Waals surface area contributed by atoms with Crippen LogP contribution in [0.4, 0.5) is 0 Å². The summed E-state index contributed by atoms with van der Waals surface area (Å²) >= 11 is 0. The van der Waals surface area contributed by atoms with Gasteiger partial charge in [0.2, 0.25) is 5.91 Å². The highest BCUT2D eigenvalue weighted by Gasteiger charge is 2.61. The van der Waals surface area contributed by atoms with Gasteiger partial charge >= 0.3 is 5.97 Å². The molecule has 0 spiro atoms. The fourth-order valence-corrected chi connectivity index (χ4v) is 7.23. The molecule has 5 unspecified atom stereocenters. The van der Waals surface area contributed by atoms with E-state index in [1.54, 1.807) is 0 Å². The first kappa shape index (κ1) is 16.4. The molecule has 0 bridgehead atoms. The topological polar surface area (TPSA) is 55.4 Å². The van der Waals surface area contributed by atoms with E-state index >= 15 is 0 Å². The number of carbonyl (C=O) groups excluding carboxylic acids is 2. The first-order chi connectivity index (χ1) is 11.4. The van der Waals surface area contributed by atoms with Gasteiger partial charge in [-0.05, 0) is 73.5 Å². The number of fused-ring (bicyclic) bond motifs is 5. The maximum atomic E-state index is 12.3. The van der Waals surface area contributed by atoms with Crippen LogP contribution in [0.25, 0.3) is 0 Å². The van der Waals surface area contributed by atoms with Crippen LogP contribution in [0.3, 0.4) is 0 Å². The second-order valence-electron chi connectivity index (χ2n) is 9.28. The van der Waals surface area contributed by atoms with E-state index in [-0.39, 0.29) is 28.6 Å². The van der Waals surface area contributed by atoms with Gasteiger partial charge in [-0.1, -0.05) is 13.8 Å². The molecule has 1 saturated heterocycles. The van der Waals surface area contributed by atoms with Crippen LogP contribution in [-0.2, 0) is 14.3 Å². The fourth-order valence-electron chi connectivity index (χ4n) is 7.23. The molecule has 4 aliphatic rings. The van der Waals surface area contributed by atoms with Gasteiger partial charge in [0.1, 0.15) is 0 Å². The zero-order chi connectivity index (χ0) is 17.1. The second kappa shape index (κ2) is 5.47. The average molecular weight is 333 g/mol. The molecule has 0 aromatic rings. The summed E-state index contributed by atoms with van der Waals surface area (Å²) in [6, 6.07) is 0.363. The smallest absolute Gasteiger partial charge is 0.309 e. The first-order valence-corrected chi connectivity index (χ1v) is 9.77. The van der Waals surface area contributed by atoms with Crippen molar-refractivity contribution >= 4 is 11.9 Å². The minimum atomic E-state index is 0.00303. The van der Waals surface area contributed by atoms with Crippen LogP contribution in [-0.4, -0.2) is 25.0 Å². The van der Waals surface area contributed by atoms with E-state index in [1.807, 2.05) is 0 Å². The first-order valence-electron chi connectivity index (χ1n) is 9.77. The Labute approximate surface area is 145 Å². The van der Waals surface area contributed by atoms with Crippen molar-refractivity contribution in [1.29, 1.82) is 0 Å². The molecule has 0 aromatic carbocycles. The lowest BCUT2D eigenvalue weighted by Crippen LogP contribution is -2.61. The van der Waals surface area contributed by atoms with Gasteiger partial charge < -0.3 is 10.1 Å². The van der Waals surface area contributed by atoms with Gasteiger partial charge in [-0.25, -0.2) is 0 Å². The number of methoxy groups -OCH3 is 1. The van der Waals surface area contributed by atoms with Crippen molar-refractivity contribution in [3.63, 3.8) is 0 Å². The third-order valence-electron chi connectivity index (χ3n) is 8.58. The highest BCUT2D eigenvalue weighted by molar-refractivity contribution is 5.77. The molecule has 7 atom stereocenters. The molecular formula is C20H31NO3. The molecule has 3 saturated carbocycles. The monoisotopic (exact) mass is 333 g/mol. The van der Waals surface area contributed by atoms with Crippen LogP contribution in [0, 0.1) is 34.5 Å².